The van der Waals surface area contributed by atoms with Gasteiger partial charge in [0.1, 0.15) is 11.4 Å². The van der Waals surface area contributed by atoms with E-state index in [1.54, 1.807) is 0 Å². The summed E-state index contributed by atoms with van der Waals surface area (Å²) in [6.07, 6.45) is 0.929. The zero-order valence-corrected chi connectivity index (χ0v) is 19.4. The monoisotopic (exact) mass is 440 g/mol. The lowest BCUT2D eigenvalue weighted by molar-refractivity contribution is -0.120. The van der Waals surface area contributed by atoms with Gasteiger partial charge in [0.2, 0.25) is 0 Å². The Bertz CT molecular complexity index is 1200. The van der Waals surface area contributed by atoms with E-state index in [4.69, 9.17) is 4.74 Å². The van der Waals surface area contributed by atoms with Crippen molar-refractivity contribution in [3.63, 3.8) is 0 Å². The van der Waals surface area contributed by atoms with Crippen molar-refractivity contribution in [2.75, 3.05) is 16.8 Å². The molecule has 0 bridgehead atoms. The van der Waals surface area contributed by atoms with Gasteiger partial charge >= 0.3 is 0 Å². The lowest BCUT2D eigenvalue weighted by Gasteiger charge is -2.17. The third kappa shape index (κ3) is 4.53. The Morgan fingerprint density at radius 1 is 0.818 bits per heavy atom. The molecular formula is C28H28N2O3. The molecule has 5 heteroatoms. The average molecular weight is 441 g/mol. The third-order valence-electron chi connectivity index (χ3n) is 5.63. The van der Waals surface area contributed by atoms with Gasteiger partial charge in [-0.3, -0.25) is 9.59 Å². The van der Waals surface area contributed by atoms with Crippen LogP contribution >= 0.6 is 0 Å². The summed E-state index contributed by atoms with van der Waals surface area (Å²) >= 11 is 0. The molecule has 3 aromatic carbocycles. The number of carbonyl (C=O) groups is 2. The number of hydrogen-bond donors (Lipinski definition) is 1. The molecule has 1 N–H and O–H groups in total. The molecule has 0 saturated heterocycles. The maximum absolute atomic E-state index is 13.6. The van der Waals surface area contributed by atoms with E-state index in [9.17, 15) is 9.59 Å². The minimum Gasteiger partial charge on any atom is -0.494 e. The molecule has 2 amide bonds. The summed E-state index contributed by atoms with van der Waals surface area (Å²) in [5, 5.41) is 3.23. The van der Waals surface area contributed by atoms with E-state index in [-0.39, 0.29) is 17.5 Å². The summed E-state index contributed by atoms with van der Waals surface area (Å²) in [6, 6.07) is 20.9. The zero-order valence-electron chi connectivity index (χ0n) is 19.4. The Hall–Kier alpha value is -3.86. The second-order valence-corrected chi connectivity index (χ2v) is 8.17. The summed E-state index contributed by atoms with van der Waals surface area (Å²) in [5.41, 5.74) is 5.80. The molecule has 0 unspecified atom stereocenters. The van der Waals surface area contributed by atoms with Crippen molar-refractivity contribution in [2.24, 2.45) is 0 Å². The molecule has 5 nitrogen and oxygen atoms in total. The van der Waals surface area contributed by atoms with Crippen LogP contribution < -0.4 is 15.0 Å². The predicted molar refractivity (Wildman–Crippen MR) is 132 cm³/mol. The SMILES string of the molecule is CCOc1ccc(C2=C(Nc3ccc(CC)cc3)C(=O)N(c3cc(C)cc(C)c3)C2=O)cc1. The first-order valence-corrected chi connectivity index (χ1v) is 11.2. The highest BCUT2D eigenvalue weighted by molar-refractivity contribution is 6.46. The summed E-state index contributed by atoms with van der Waals surface area (Å²) in [4.78, 5) is 28.5. The number of nitrogens with zero attached hydrogens (tertiary/aromatic N) is 1. The quantitative estimate of drug-likeness (QED) is 0.482. The van der Waals surface area contributed by atoms with Crippen molar-refractivity contribution in [1.82, 2.24) is 0 Å². The van der Waals surface area contributed by atoms with Gasteiger partial charge in [0, 0.05) is 5.69 Å². The molecule has 3 aromatic rings. The van der Waals surface area contributed by atoms with E-state index < -0.39 is 0 Å². The van der Waals surface area contributed by atoms with Crippen LogP contribution in [0.1, 0.15) is 36.1 Å². The Morgan fingerprint density at radius 2 is 1.45 bits per heavy atom. The molecule has 0 aromatic heterocycles. The van der Waals surface area contributed by atoms with Gasteiger partial charge < -0.3 is 10.1 Å². The van der Waals surface area contributed by atoms with Crippen LogP contribution in [-0.4, -0.2) is 18.4 Å². The Balaban J connectivity index is 1.79. The Morgan fingerprint density at radius 3 is 2.03 bits per heavy atom. The standard InChI is InChI=1S/C28H28N2O3/c1-5-20-7-11-22(12-8-20)29-26-25(21-9-13-24(14-10-21)33-6-2)27(31)30(28(26)32)23-16-18(3)15-19(4)17-23/h7-17,29H,5-6H2,1-4H3. The van der Waals surface area contributed by atoms with E-state index in [0.717, 1.165) is 29.0 Å². The number of benzene rings is 3. The minimum atomic E-state index is -0.367. The lowest BCUT2D eigenvalue weighted by atomic mass is 10.0. The highest BCUT2D eigenvalue weighted by Crippen LogP contribution is 2.35. The first-order valence-electron chi connectivity index (χ1n) is 11.2. The van der Waals surface area contributed by atoms with Crippen molar-refractivity contribution in [3.05, 3.63) is 94.7 Å². The molecule has 0 atom stereocenters. The van der Waals surface area contributed by atoms with Gasteiger partial charge in [-0.25, -0.2) is 4.90 Å². The normalized spacial score (nSPS) is 13.6. The number of hydrogen-bond acceptors (Lipinski definition) is 4. The van der Waals surface area contributed by atoms with E-state index in [1.165, 1.54) is 10.5 Å². The van der Waals surface area contributed by atoms with Gasteiger partial charge in [0.25, 0.3) is 11.8 Å². The largest absolute Gasteiger partial charge is 0.494 e. The van der Waals surface area contributed by atoms with Crippen LogP contribution in [0.15, 0.2) is 72.4 Å². The molecule has 0 fully saturated rings. The first kappa shape index (κ1) is 22.3. The van der Waals surface area contributed by atoms with Crippen molar-refractivity contribution in [3.8, 4) is 5.75 Å². The topological polar surface area (TPSA) is 58.6 Å². The molecule has 4 rings (SSSR count). The van der Waals surface area contributed by atoms with Crippen LogP contribution in [-0.2, 0) is 16.0 Å². The molecule has 0 saturated carbocycles. The number of rotatable bonds is 7. The first-order chi connectivity index (χ1) is 15.9. The lowest BCUT2D eigenvalue weighted by Crippen LogP contribution is -2.32. The minimum absolute atomic E-state index is 0.271. The van der Waals surface area contributed by atoms with E-state index in [0.29, 0.717) is 23.4 Å². The van der Waals surface area contributed by atoms with Crippen LogP contribution in [0.4, 0.5) is 11.4 Å². The zero-order chi connectivity index (χ0) is 23.5. The summed E-state index contributed by atoms with van der Waals surface area (Å²) in [7, 11) is 0. The van der Waals surface area contributed by atoms with Crippen molar-refractivity contribution in [2.45, 2.75) is 34.1 Å². The number of anilines is 2. The molecule has 1 heterocycles. The van der Waals surface area contributed by atoms with Crippen molar-refractivity contribution < 1.29 is 14.3 Å². The van der Waals surface area contributed by atoms with Crippen LogP contribution in [0, 0.1) is 13.8 Å². The highest BCUT2D eigenvalue weighted by atomic mass is 16.5. The number of imide groups is 1. The predicted octanol–water partition coefficient (Wildman–Crippen LogP) is 5.66. The van der Waals surface area contributed by atoms with Crippen molar-refractivity contribution >= 4 is 28.8 Å². The maximum atomic E-state index is 13.6. The number of amides is 2. The summed E-state index contributed by atoms with van der Waals surface area (Å²) in [6.45, 7) is 8.48. The molecule has 0 spiro atoms. The smallest absolute Gasteiger partial charge is 0.282 e. The molecule has 1 aliphatic heterocycles. The van der Waals surface area contributed by atoms with Crippen LogP contribution in [0.2, 0.25) is 0 Å². The van der Waals surface area contributed by atoms with Gasteiger partial charge in [0.05, 0.1) is 17.9 Å². The molecule has 0 aliphatic carbocycles. The number of ether oxygens (including phenoxy) is 1. The van der Waals surface area contributed by atoms with Gasteiger partial charge in [-0.15, -0.1) is 0 Å². The molecule has 168 valence electrons. The molecule has 33 heavy (non-hydrogen) atoms. The van der Waals surface area contributed by atoms with Gasteiger partial charge in [-0.2, -0.15) is 0 Å². The van der Waals surface area contributed by atoms with E-state index in [2.05, 4.69) is 12.2 Å². The highest BCUT2D eigenvalue weighted by Gasteiger charge is 2.40. The Kier molecular flexibility index (Phi) is 6.31. The fraction of sp³-hybridized carbons (Fsp3) is 0.214. The van der Waals surface area contributed by atoms with E-state index >= 15 is 0 Å². The van der Waals surface area contributed by atoms with Crippen molar-refractivity contribution in [1.29, 1.82) is 0 Å². The average Bonchev–Trinajstić information content (AvgIpc) is 3.04. The van der Waals surface area contributed by atoms with Crippen LogP contribution in [0.5, 0.6) is 5.75 Å². The Labute approximate surface area is 194 Å². The maximum Gasteiger partial charge on any atom is 0.282 e. The number of carbonyl (C=O) groups excluding carboxylic acids is 2. The van der Waals surface area contributed by atoms with Crippen LogP contribution in [0.25, 0.3) is 5.57 Å². The molecular weight excluding hydrogens is 412 g/mol. The number of aryl methyl sites for hydroxylation is 3. The summed E-state index contributed by atoms with van der Waals surface area (Å²) < 4.78 is 5.54. The summed E-state index contributed by atoms with van der Waals surface area (Å²) in [5.74, 6) is 0.00439. The van der Waals surface area contributed by atoms with Gasteiger partial charge in [-0.1, -0.05) is 37.3 Å². The molecule has 1 aliphatic rings. The molecule has 0 radical (unpaired) electrons. The fourth-order valence-corrected chi connectivity index (χ4v) is 4.08. The second kappa shape index (κ2) is 9.33. The number of nitrogens with one attached hydrogen (secondary N) is 1. The third-order valence-corrected chi connectivity index (χ3v) is 5.63. The van der Waals surface area contributed by atoms with Crippen LogP contribution in [0.3, 0.4) is 0 Å². The fourth-order valence-electron chi connectivity index (χ4n) is 4.08. The van der Waals surface area contributed by atoms with Gasteiger partial charge in [-0.05, 0) is 85.8 Å². The van der Waals surface area contributed by atoms with E-state index in [1.807, 2.05) is 87.5 Å². The second-order valence-electron chi connectivity index (χ2n) is 8.17. The van der Waals surface area contributed by atoms with Gasteiger partial charge in [0.15, 0.2) is 0 Å².